The van der Waals surface area contributed by atoms with Crippen LogP contribution in [0.4, 0.5) is 5.69 Å². The number of hydrogen-bond acceptors (Lipinski definition) is 2. The van der Waals surface area contributed by atoms with Gasteiger partial charge in [-0.25, -0.2) is 0 Å². The molecule has 1 aromatic rings. The summed E-state index contributed by atoms with van der Waals surface area (Å²) in [6.07, 6.45) is 6.73. The maximum atomic E-state index is 6.09. The third-order valence-electron chi connectivity index (χ3n) is 3.41. The van der Waals surface area contributed by atoms with Gasteiger partial charge in [-0.05, 0) is 36.5 Å². The van der Waals surface area contributed by atoms with E-state index in [0.717, 1.165) is 18.1 Å². The summed E-state index contributed by atoms with van der Waals surface area (Å²) in [5, 5.41) is 0.702. The molecule has 0 heterocycles. The maximum Gasteiger partial charge on any atom is 0.0731 e. The normalized spacial score (nSPS) is 17.2. The van der Waals surface area contributed by atoms with Crippen LogP contribution >= 0.6 is 11.6 Å². The van der Waals surface area contributed by atoms with Crippen LogP contribution in [0.2, 0.25) is 5.02 Å². The Hall–Kier alpha value is -0.730. The highest BCUT2D eigenvalue weighted by Crippen LogP contribution is 2.25. The van der Waals surface area contributed by atoms with Crippen LogP contribution in [0.15, 0.2) is 18.2 Å². The van der Waals surface area contributed by atoms with Crippen LogP contribution in [-0.4, -0.2) is 6.61 Å². The zero-order valence-electron chi connectivity index (χ0n) is 10.1. The van der Waals surface area contributed by atoms with Crippen molar-refractivity contribution in [2.24, 2.45) is 5.92 Å². The molecule has 0 radical (unpaired) electrons. The molecule has 17 heavy (non-hydrogen) atoms. The van der Waals surface area contributed by atoms with Gasteiger partial charge in [0, 0.05) is 17.3 Å². The van der Waals surface area contributed by atoms with Crippen molar-refractivity contribution in [3.05, 3.63) is 28.8 Å². The molecule has 0 spiro atoms. The van der Waals surface area contributed by atoms with E-state index in [1.54, 1.807) is 6.07 Å². The van der Waals surface area contributed by atoms with Gasteiger partial charge in [-0.2, -0.15) is 0 Å². The molecule has 1 saturated carbocycles. The molecule has 94 valence electrons. The molecule has 0 amide bonds. The molecule has 0 aromatic heterocycles. The quantitative estimate of drug-likeness (QED) is 0.823. The van der Waals surface area contributed by atoms with E-state index >= 15 is 0 Å². The van der Waals surface area contributed by atoms with Gasteiger partial charge in [0.05, 0.1) is 6.61 Å². The van der Waals surface area contributed by atoms with Crippen molar-refractivity contribution < 1.29 is 4.74 Å². The summed E-state index contributed by atoms with van der Waals surface area (Å²) in [6, 6.07) is 5.59. The van der Waals surface area contributed by atoms with Crippen molar-refractivity contribution in [2.75, 3.05) is 12.3 Å². The number of nitrogen functional groups attached to an aromatic ring is 1. The second-order valence-electron chi connectivity index (χ2n) is 4.87. The summed E-state index contributed by atoms with van der Waals surface area (Å²) in [6.45, 7) is 1.45. The first-order valence-corrected chi connectivity index (χ1v) is 6.75. The van der Waals surface area contributed by atoms with E-state index in [1.165, 1.54) is 32.1 Å². The Morgan fingerprint density at radius 3 is 2.71 bits per heavy atom. The first-order valence-electron chi connectivity index (χ1n) is 6.37. The fraction of sp³-hybridized carbons (Fsp3) is 0.571. The molecule has 0 atom stereocenters. The summed E-state index contributed by atoms with van der Waals surface area (Å²) in [5.74, 6) is 0.747. The predicted molar refractivity (Wildman–Crippen MR) is 72.1 cm³/mol. The van der Waals surface area contributed by atoms with Crippen molar-refractivity contribution in [3.63, 3.8) is 0 Å². The molecule has 0 bridgehead atoms. The molecule has 0 saturated heterocycles. The molecular weight excluding hydrogens is 234 g/mol. The summed E-state index contributed by atoms with van der Waals surface area (Å²) < 4.78 is 5.75. The van der Waals surface area contributed by atoms with Crippen molar-refractivity contribution in [3.8, 4) is 0 Å². The van der Waals surface area contributed by atoms with E-state index in [4.69, 9.17) is 22.1 Å². The van der Waals surface area contributed by atoms with Gasteiger partial charge in [-0.1, -0.05) is 36.9 Å². The Kier molecular flexibility index (Phi) is 4.69. The van der Waals surface area contributed by atoms with E-state index in [2.05, 4.69) is 0 Å². The summed E-state index contributed by atoms with van der Waals surface area (Å²) in [7, 11) is 0. The number of hydrogen-bond donors (Lipinski definition) is 1. The van der Waals surface area contributed by atoms with Gasteiger partial charge in [-0.3, -0.25) is 0 Å². The SMILES string of the molecule is Nc1ccc(COCC2CCCCC2)c(Cl)c1. The number of rotatable bonds is 4. The summed E-state index contributed by atoms with van der Waals surface area (Å²) >= 11 is 6.09. The number of anilines is 1. The van der Waals surface area contributed by atoms with Gasteiger partial charge in [-0.15, -0.1) is 0 Å². The van der Waals surface area contributed by atoms with E-state index in [0.29, 0.717) is 17.3 Å². The topological polar surface area (TPSA) is 35.2 Å². The summed E-state index contributed by atoms with van der Waals surface area (Å²) in [4.78, 5) is 0. The van der Waals surface area contributed by atoms with Crippen molar-refractivity contribution >= 4 is 17.3 Å². The Balaban J connectivity index is 1.77. The van der Waals surface area contributed by atoms with E-state index in [-0.39, 0.29) is 0 Å². The average Bonchev–Trinajstić information content (AvgIpc) is 2.33. The molecule has 1 aliphatic rings. The molecule has 2 nitrogen and oxygen atoms in total. The first kappa shape index (κ1) is 12.7. The smallest absolute Gasteiger partial charge is 0.0731 e. The zero-order valence-corrected chi connectivity index (χ0v) is 10.9. The van der Waals surface area contributed by atoms with Crippen LogP contribution in [0.3, 0.4) is 0 Å². The Bertz CT molecular complexity index is 361. The average molecular weight is 254 g/mol. The van der Waals surface area contributed by atoms with Crippen LogP contribution in [-0.2, 0) is 11.3 Å². The van der Waals surface area contributed by atoms with E-state index < -0.39 is 0 Å². The second kappa shape index (κ2) is 6.27. The van der Waals surface area contributed by atoms with Gasteiger partial charge in [0.1, 0.15) is 0 Å². The van der Waals surface area contributed by atoms with Gasteiger partial charge >= 0.3 is 0 Å². The van der Waals surface area contributed by atoms with E-state index in [1.807, 2.05) is 12.1 Å². The number of benzene rings is 1. The highest BCUT2D eigenvalue weighted by atomic mass is 35.5. The highest BCUT2D eigenvalue weighted by molar-refractivity contribution is 6.31. The third-order valence-corrected chi connectivity index (χ3v) is 3.76. The molecule has 2 N–H and O–H groups in total. The van der Waals surface area contributed by atoms with Crippen molar-refractivity contribution in [1.29, 1.82) is 0 Å². The van der Waals surface area contributed by atoms with Gasteiger partial charge in [0.15, 0.2) is 0 Å². The second-order valence-corrected chi connectivity index (χ2v) is 5.28. The molecule has 3 heteroatoms. The lowest BCUT2D eigenvalue weighted by Gasteiger charge is -2.21. The predicted octanol–water partition coefficient (Wildman–Crippen LogP) is 4.02. The number of halogens is 1. The summed E-state index contributed by atoms with van der Waals surface area (Å²) in [5.41, 5.74) is 7.37. The monoisotopic (exact) mass is 253 g/mol. The molecule has 0 unspecified atom stereocenters. The van der Waals surface area contributed by atoms with Crippen molar-refractivity contribution in [1.82, 2.24) is 0 Å². The third kappa shape index (κ3) is 3.90. The van der Waals surface area contributed by atoms with Crippen LogP contribution in [0.1, 0.15) is 37.7 Å². The molecule has 0 aliphatic heterocycles. The van der Waals surface area contributed by atoms with Gasteiger partial charge in [0.2, 0.25) is 0 Å². The Morgan fingerprint density at radius 1 is 1.24 bits per heavy atom. The van der Waals surface area contributed by atoms with Crippen LogP contribution < -0.4 is 5.73 Å². The largest absolute Gasteiger partial charge is 0.399 e. The lowest BCUT2D eigenvalue weighted by atomic mass is 9.90. The number of ether oxygens (including phenoxy) is 1. The minimum atomic E-state index is 0.593. The zero-order chi connectivity index (χ0) is 12.1. The highest BCUT2D eigenvalue weighted by Gasteiger charge is 2.13. The van der Waals surface area contributed by atoms with Crippen LogP contribution in [0.5, 0.6) is 0 Å². The standard InChI is InChI=1S/C14H20ClNO/c15-14-8-13(16)7-6-12(14)10-17-9-11-4-2-1-3-5-11/h6-8,11H,1-5,9-10,16H2. The fourth-order valence-electron chi connectivity index (χ4n) is 2.37. The van der Waals surface area contributed by atoms with Crippen LogP contribution in [0, 0.1) is 5.92 Å². The Morgan fingerprint density at radius 2 is 2.00 bits per heavy atom. The van der Waals surface area contributed by atoms with Crippen LogP contribution in [0.25, 0.3) is 0 Å². The molecule has 1 aliphatic carbocycles. The van der Waals surface area contributed by atoms with E-state index in [9.17, 15) is 0 Å². The van der Waals surface area contributed by atoms with Gasteiger partial charge in [0.25, 0.3) is 0 Å². The Labute approximate surface area is 108 Å². The fourth-order valence-corrected chi connectivity index (χ4v) is 2.61. The van der Waals surface area contributed by atoms with Crippen molar-refractivity contribution in [2.45, 2.75) is 38.7 Å². The molecule has 1 aromatic carbocycles. The minimum absolute atomic E-state index is 0.593. The van der Waals surface area contributed by atoms with Gasteiger partial charge < -0.3 is 10.5 Å². The lowest BCUT2D eigenvalue weighted by Crippen LogP contribution is -2.13. The molecular formula is C14H20ClNO. The minimum Gasteiger partial charge on any atom is -0.399 e. The number of nitrogens with two attached hydrogens (primary N) is 1. The lowest BCUT2D eigenvalue weighted by molar-refractivity contribution is 0.0740. The first-order chi connectivity index (χ1) is 8.25. The molecule has 1 fully saturated rings. The molecule has 2 rings (SSSR count). The maximum absolute atomic E-state index is 6.09.